The van der Waals surface area contributed by atoms with E-state index < -0.39 is 5.82 Å². The number of anilines is 1. The molecule has 1 atom stereocenters. The number of nitrogens with one attached hydrogen (secondary N) is 1. The Morgan fingerprint density at radius 2 is 2.36 bits per heavy atom. The minimum atomic E-state index is -0.448. The van der Waals surface area contributed by atoms with E-state index in [4.69, 9.17) is 4.74 Å². The second-order valence-electron chi connectivity index (χ2n) is 3.30. The Kier molecular flexibility index (Phi) is 2.11. The molecule has 1 aromatic rings. The second kappa shape index (κ2) is 3.29. The molecule has 1 unspecified atom stereocenters. The summed E-state index contributed by atoms with van der Waals surface area (Å²) in [5, 5.41) is 2.59. The summed E-state index contributed by atoms with van der Waals surface area (Å²) in [6, 6.07) is 4.46. The lowest BCUT2D eigenvalue weighted by Crippen LogP contribution is -2.17. The van der Waals surface area contributed by atoms with Crippen molar-refractivity contribution in [2.45, 2.75) is 19.4 Å². The maximum Gasteiger partial charge on any atom is 0.228 e. The first-order valence-electron chi connectivity index (χ1n) is 4.42. The number of para-hydroxylation sites is 1. The van der Waals surface area contributed by atoms with Gasteiger partial charge in [0, 0.05) is 0 Å². The van der Waals surface area contributed by atoms with Crippen molar-refractivity contribution >= 4 is 11.6 Å². The van der Waals surface area contributed by atoms with Gasteiger partial charge >= 0.3 is 0 Å². The minimum Gasteiger partial charge on any atom is -0.485 e. The molecule has 0 spiro atoms. The van der Waals surface area contributed by atoms with Crippen molar-refractivity contribution in [3.63, 3.8) is 0 Å². The molecule has 0 radical (unpaired) electrons. The summed E-state index contributed by atoms with van der Waals surface area (Å²) in [5.41, 5.74) is 0.402. The number of hydrogen-bond donors (Lipinski definition) is 1. The van der Waals surface area contributed by atoms with E-state index in [1.165, 1.54) is 12.1 Å². The van der Waals surface area contributed by atoms with Crippen LogP contribution in [-0.2, 0) is 4.79 Å². The van der Waals surface area contributed by atoms with Crippen LogP contribution in [0, 0.1) is 5.82 Å². The molecule has 0 bridgehead atoms. The minimum absolute atomic E-state index is 0.130. The molecule has 2 rings (SSSR count). The Morgan fingerprint density at radius 1 is 1.57 bits per heavy atom. The topological polar surface area (TPSA) is 38.3 Å². The number of amides is 1. The van der Waals surface area contributed by atoms with Gasteiger partial charge in [-0.15, -0.1) is 0 Å². The molecule has 0 aromatic heterocycles. The van der Waals surface area contributed by atoms with Crippen molar-refractivity contribution < 1.29 is 13.9 Å². The number of carbonyl (C=O) groups excluding carboxylic acids is 1. The van der Waals surface area contributed by atoms with Crippen molar-refractivity contribution in [3.8, 4) is 5.75 Å². The maximum atomic E-state index is 13.3. The summed E-state index contributed by atoms with van der Waals surface area (Å²) >= 11 is 0. The zero-order chi connectivity index (χ0) is 10.1. The van der Waals surface area contributed by atoms with Crippen molar-refractivity contribution in [1.82, 2.24) is 0 Å². The van der Waals surface area contributed by atoms with Crippen LogP contribution in [0.25, 0.3) is 0 Å². The molecule has 3 nitrogen and oxygen atoms in total. The lowest BCUT2D eigenvalue weighted by atomic mass is 10.3. The summed E-state index contributed by atoms with van der Waals surface area (Å²) in [6.07, 6.45) is -0.0538. The molecule has 74 valence electrons. The van der Waals surface area contributed by atoms with Crippen LogP contribution in [0.15, 0.2) is 18.2 Å². The van der Waals surface area contributed by atoms with E-state index in [0.717, 1.165) is 0 Å². The molecule has 0 saturated heterocycles. The average Bonchev–Trinajstić information content (AvgIpc) is 2.23. The SMILES string of the molecule is CC1CC(=O)Nc2cccc(F)c2O1. The van der Waals surface area contributed by atoms with Crippen LogP contribution in [0.3, 0.4) is 0 Å². The lowest BCUT2D eigenvalue weighted by molar-refractivity contribution is -0.117. The largest absolute Gasteiger partial charge is 0.485 e. The Bertz CT molecular complexity index is 378. The Balaban J connectivity index is 2.46. The average molecular weight is 195 g/mol. The first-order valence-corrected chi connectivity index (χ1v) is 4.42. The number of hydrogen-bond acceptors (Lipinski definition) is 2. The number of rotatable bonds is 0. The fraction of sp³-hybridized carbons (Fsp3) is 0.300. The predicted molar refractivity (Wildman–Crippen MR) is 49.7 cm³/mol. The standard InChI is InChI=1S/C10H10FNO2/c1-6-5-9(13)12-8-4-2-3-7(11)10(8)14-6/h2-4,6H,5H2,1H3,(H,12,13). The van der Waals surface area contributed by atoms with Crippen molar-refractivity contribution in [1.29, 1.82) is 0 Å². The highest BCUT2D eigenvalue weighted by Gasteiger charge is 2.21. The monoisotopic (exact) mass is 195 g/mol. The van der Waals surface area contributed by atoms with Gasteiger partial charge in [0.15, 0.2) is 11.6 Å². The Hall–Kier alpha value is -1.58. The molecule has 0 fully saturated rings. The third-order valence-electron chi connectivity index (χ3n) is 2.03. The van der Waals surface area contributed by atoms with E-state index >= 15 is 0 Å². The smallest absolute Gasteiger partial charge is 0.228 e. The molecule has 0 saturated carbocycles. The highest BCUT2D eigenvalue weighted by Crippen LogP contribution is 2.31. The van der Waals surface area contributed by atoms with Gasteiger partial charge in [0.2, 0.25) is 5.91 Å². The van der Waals surface area contributed by atoms with Crippen molar-refractivity contribution in [3.05, 3.63) is 24.0 Å². The molecular formula is C10H10FNO2. The fourth-order valence-electron chi connectivity index (χ4n) is 1.43. The summed E-state index contributed by atoms with van der Waals surface area (Å²) in [5.74, 6) is -0.468. The number of fused-ring (bicyclic) bond motifs is 1. The van der Waals surface area contributed by atoms with E-state index in [1.807, 2.05) is 0 Å². The zero-order valence-electron chi connectivity index (χ0n) is 7.71. The van der Waals surface area contributed by atoms with E-state index in [-0.39, 0.29) is 24.2 Å². The van der Waals surface area contributed by atoms with Crippen LogP contribution in [0.2, 0.25) is 0 Å². The number of halogens is 1. The van der Waals surface area contributed by atoms with Crippen molar-refractivity contribution in [2.75, 3.05) is 5.32 Å². The molecule has 14 heavy (non-hydrogen) atoms. The molecule has 4 heteroatoms. The zero-order valence-corrected chi connectivity index (χ0v) is 7.71. The first kappa shape index (κ1) is 8.99. The van der Waals surface area contributed by atoms with E-state index in [2.05, 4.69) is 5.32 Å². The third kappa shape index (κ3) is 1.55. The lowest BCUT2D eigenvalue weighted by Gasteiger charge is -2.11. The third-order valence-corrected chi connectivity index (χ3v) is 2.03. The molecule has 1 heterocycles. The van der Waals surface area contributed by atoms with Crippen LogP contribution in [-0.4, -0.2) is 12.0 Å². The van der Waals surface area contributed by atoms with Crippen LogP contribution in [0.4, 0.5) is 10.1 Å². The molecule has 1 aliphatic heterocycles. The van der Waals surface area contributed by atoms with Crippen LogP contribution in [0.1, 0.15) is 13.3 Å². The number of benzene rings is 1. The Labute approximate surface area is 80.9 Å². The van der Waals surface area contributed by atoms with Gasteiger partial charge in [-0.25, -0.2) is 4.39 Å². The summed E-state index contributed by atoms with van der Waals surface area (Å²) in [6.45, 7) is 1.74. The van der Waals surface area contributed by atoms with Gasteiger partial charge in [0.25, 0.3) is 0 Å². The summed E-state index contributed by atoms with van der Waals surface area (Å²) in [7, 11) is 0. The normalized spacial score (nSPS) is 20.4. The quantitative estimate of drug-likeness (QED) is 0.687. The molecule has 1 N–H and O–H groups in total. The number of carbonyl (C=O) groups is 1. The highest BCUT2D eigenvalue weighted by molar-refractivity contribution is 5.93. The Morgan fingerprint density at radius 3 is 3.14 bits per heavy atom. The summed E-state index contributed by atoms with van der Waals surface area (Å²) in [4.78, 5) is 11.3. The second-order valence-corrected chi connectivity index (χ2v) is 3.30. The maximum absolute atomic E-state index is 13.3. The van der Waals surface area contributed by atoms with Gasteiger partial charge in [-0.2, -0.15) is 0 Å². The van der Waals surface area contributed by atoms with E-state index in [9.17, 15) is 9.18 Å². The molecule has 0 aliphatic carbocycles. The molecular weight excluding hydrogens is 185 g/mol. The van der Waals surface area contributed by atoms with E-state index in [1.54, 1.807) is 13.0 Å². The molecule has 1 amide bonds. The fourth-order valence-corrected chi connectivity index (χ4v) is 1.43. The van der Waals surface area contributed by atoms with Gasteiger partial charge in [-0.3, -0.25) is 4.79 Å². The van der Waals surface area contributed by atoms with Crippen molar-refractivity contribution in [2.24, 2.45) is 0 Å². The summed E-state index contributed by atoms with van der Waals surface area (Å²) < 4.78 is 18.6. The van der Waals surface area contributed by atoms with Gasteiger partial charge in [-0.05, 0) is 19.1 Å². The van der Waals surface area contributed by atoms with Crippen LogP contribution < -0.4 is 10.1 Å². The van der Waals surface area contributed by atoms with Gasteiger partial charge in [0.1, 0.15) is 6.10 Å². The molecule has 1 aromatic carbocycles. The van der Waals surface area contributed by atoms with Gasteiger partial charge < -0.3 is 10.1 Å². The van der Waals surface area contributed by atoms with Gasteiger partial charge in [0.05, 0.1) is 12.1 Å². The molecule has 1 aliphatic rings. The van der Waals surface area contributed by atoms with Crippen LogP contribution in [0.5, 0.6) is 5.75 Å². The predicted octanol–water partition coefficient (Wildman–Crippen LogP) is 1.94. The first-order chi connectivity index (χ1) is 6.66. The number of ether oxygens (including phenoxy) is 1. The van der Waals surface area contributed by atoms with E-state index in [0.29, 0.717) is 5.69 Å². The van der Waals surface area contributed by atoms with Crippen LogP contribution >= 0.6 is 0 Å². The highest BCUT2D eigenvalue weighted by atomic mass is 19.1. The van der Waals surface area contributed by atoms with Gasteiger partial charge in [-0.1, -0.05) is 6.07 Å².